The van der Waals surface area contributed by atoms with E-state index in [1.54, 1.807) is 16.2 Å². The van der Waals surface area contributed by atoms with Gasteiger partial charge in [-0.1, -0.05) is 26.8 Å². The number of imidazole rings is 1. The van der Waals surface area contributed by atoms with Gasteiger partial charge in [0.25, 0.3) is 0 Å². The Labute approximate surface area is 206 Å². The maximum atomic E-state index is 12.9. The third-order valence-corrected chi connectivity index (χ3v) is 8.32. The number of likely N-dealkylation sites (tertiary alicyclic amines) is 1. The molecule has 1 saturated heterocycles. The fourth-order valence-corrected chi connectivity index (χ4v) is 5.87. The molecule has 0 radical (unpaired) electrons. The second kappa shape index (κ2) is 9.25. The van der Waals surface area contributed by atoms with Crippen molar-refractivity contribution < 1.29 is 8.42 Å². The van der Waals surface area contributed by atoms with Crippen LogP contribution in [0.15, 0.2) is 35.1 Å². The first kappa shape index (κ1) is 25.1. The summed E-state index contributed by atoms with van der Waals surface area (Å²) in [5, 5.41) is 9.48. The van der Waals surface area contributed by atoms with Crippen LogP contribution < -0.4 is 5.69 Å². The van der Waals surface area contributed by atoms with Crippen molar-refractivity contribution in [2.45, 2.75) is 52.0 Å². The molecule has 4 rings (SSSR count). The van der Waals surface area contributed by atoms with Gasteiger partial charge in [-0.3, -0.25) is 14.0 Å². The highest BCUT2D eigenvalue weighted by Crippen LogP contribution is 2.27. The van der Waals surface area contributed by atoms with Gasteiger partial charge in [-0.05, 0) is 61.2 Å². The number of rotatable bonds is 5. The van der Waals surface area contributed by atoms with E-state index in [4.69, 9.17) is 4.98 Å². The molecule has 1 fully saturated rings. The van der Waals surface area contributed by atoms with Gasteiger partial charge in [-0.15, -0.1) is 0 Å². The zero-order valence-electron chi connectivity index (χ0n) is 21.1. The third-order valence-electron chi connectivity index (χ3n) is 6.64. The molecule has 0 atom stereocenters. The molecular formula is C26H33N5O3S. The van der Waals surface area contributed by atoms with E-state index >= 15 is 0 Å². The molecule has 8 nitrogen and oxygen atoms in total. The van der Waals surface area contributed by atoms with Gasteiger partial charge >= 0.3 is 5.69 Å². The Balaban J connectivity index is 1.65. The number of aromatic nitrogens is 3. The van der Waals surface area contributed by atoms with Crippen LogP contribution in [-0.4, -0.2) is 52.0 Å². The number of nitriles is 1. The van der Waals surface area contributed by atoms with Crippen LogP contribution in [0, 0.1) is 16.7 Å². The molecule has 0 unspecified atom stereocenters. The minimum Gasteiger partial charge on any atom is -0.299 e. The summed E-state index contributed by atoms with van der Waals surface area (Å²) in [4.78, 5) is 19.9. The first-order valence-electron chi connectivity index (χ1n) is 11.9. The normalized spacial score (nSPS) is 16.0. The summed E-state index contributed by atoms with van der Waals surface area (Å²) in [6.45, 7) is 8.98. The minimum atomic E-state index is -3.00. The zero-order valence-corrected chi connectivity index (χ0v) is 21.9. The highest BCUT2D eigenvalue weighted by Gasteiger charge is 2.26. The van der Waals surface area contributed by atoms with Crippen LogP contribution in [0.1, 0.15) is 44.7 Å². The summed E-state index contributed by atoms with van der Waals surface area (Å²) < 4.78 is 27.0. The topological polar surface area (TPSA) is 101 Å². The Morgan fingerprint density at radius 1 is 1.14 bits per heavy atom. The van der Waals surface area contributed by atoms with E-state index in [2.05, 4.69) is 31.7 Å². The van der Waals surface area contributed by atoms with Gasteiger partial charge < -0.3 is 0 Å². The first-order valence-corrected chi connectivity index (χ1v) is 13.8. The number of piperidine rings is 1. The Kier molecular flexibility index (Phi) is 6.64. The van der Waals surface area contributed by atoms with Crippen molar-refractivity contribution in [2.75, 3.05) is 19.3 Å². The summed E-state index contributed by atoms with van der Waals surface area (Å²) in [5.41, 5.74) is 4.15. The van der Waals surface area contributed by atoms with Gasteiger partial charge in [0.05, 0.1) is 28.1 Å². The molecule has 0 spiro atoms. The lowest BCUT2D eigenvalue weighted by Crippen LogP contribution is -2.38. The number of sulfone groups is 1. The average Bonchev–Trinajstić information content (AvgIpc) is 3.02. The lowest BCUT2D eigenvalue weighted by Gasteiger charge is -2.31. The monoisotopic (exact) mass is 495 g/mol. The minimum absolute atomic E-state index is 0.0606. The summed E-state index contributed by atoms with van der Waals surface area (Å²) in [6, 6.07) is 11.8. The van der Waals surface area contributed by atoms with E-state index in [1.165, 1.54) is 6.26 Å². The van der Waals surface area contributed by atoms with E-state index in [1.807, 2.05) is 30.3 Å². The maximum absolute atomic E-state index is 12.9. The van der Waals surface area contributed by atoms with Crippen LogP contribution in [0.4, 0.5) is 0 Å². The molecule has 3 heterocycles. The Hall–Kier alpha value is -2.96. The molecule has 0 aliphatic carbocycles. The lowest BCUT2D eigenvalue weighted by molar-refractivity contribution is 0.222. The molecule has 3 aromatic rings. The van der Waals surface area contributed by atoms with E-state index in [0.717, 1.165) is 29.7 Å². The van der Waals surface area contributed by atoms with Crippen LogP contribution in [0.2, 0.25) is 0 Å². The van der Waals surface area contributed by atoms with Crippen molar-refractivity contribution in [1.29, 1.82) is 5.26 Å². The number of benzene rings is 1. The molecule has 0 bridgehead atoms. The molecule has 2 aromatic heterocycles. The Morgan fingerprint density at radius 3 is 2.43 bits per heavy atom. The molecule has 9 heteroatoms. The highest BCUT2D eigenvalue weighted by atomic mass is 32.2. The first-order chi connectivity index (χ1) is 16.4. The van der Waals surface area contributed by atoms with Crippen molar-refractivity contribution in [3.8, 4) is 17.3 Å². The Bertz CT molecular complexity index is 1460. The Morgan fingerprint density at radius 2 is 1.83 bits per heavy atom. The molecule has 186 valence electrons. The second-order valence-corrected chi connectivity index (χ2v) is 13.2. The molecule has 0 N–H and O–H groups in total. The number of aryl methyl sites for hydroxylation is 1. The largest absolute Gasteiger partial charge is 0.330 e. The molecule has 35 heavy (non-hydrogen) atoms. The molecule has 1 aliphatic rings. The van der Waals surface area contributed by atoms with Crippen LogP contribution in [-0.2, 0) is 30.0 Å². The number of pyridine rings is 1. The van der Waals surface area contributed by atoms with Crippen LogP contribution in [0.5, 0.6) is 0 Å². The van der Waals surface area contributed by atoms with Crippen LogP contribution in [0.3, 0.4) is 0 Å². The highest BCUT2D eigenvalue weighted by molar-refractivity contribution is 7.91. The molecule has 0 saturated carbocycles. The summed E-state index contributed by atoms with van der Waals surface area (Å²) in [5.74, 6) is 0. The summed E-state index contributed by atoms with van der Waals surface area (Å²) >= 11 is 0. The third kappa shape index (κ3) is 5.34. The summed E-state index contributed by atoms with van der Waals surface area (Å²) in [7, 11) is -1.28. The summed E-state index contributed by atoms with van der Waals surface area (Å²) in [6.07, 6.45) is 2.59. The van der Waals surface area contributed by atoms with Crippen molar-refractivity contribution in [3.05, 3.63) is 51.9 Å². The second-order valence-electron chi connectivity index (χ2n) is 10.8. The van der Waals surface area contributed by atoms with Crippen LogP contribution in [0.25, 0.3) is 22.4 Å². The SMILES string of the molecule is Cn1c(=O)n(CC(C)(C)C)c2ccc(-c3cc(CN4CCC(S(C)(=O)=O)CC4)ccc3C#N)nc21. The van der Waals surface area contributed by atoms with Crippen molar-refractivity contribution in [1.82, 2.24) is 19.0 Å². The number of hydrogen-bond acceptors (Lipinski definition) is 6. The van der Waals surface area contributed by atoms with Gasteiger partial charge in [0.15, 0.2) is 5.65 Å². The van der Waals surface area contributed by atoms with E-state index in [0.29, 0.717) is 42.8 Å². The predicted octanol–water partition coefficient (Wildman–Crippen LogP) is 3.33. The van der Waals surface area contributed by atoms with E-state index in [9.17, 15) is 18.5 Å². The molecule has 1 aromatic carbocycles. The number of nitrogens with zero attached hydrogens (tertiary/aromatic N) is 5. The van der Waals surface area contributed by atoms with Crippen LogP contribution >= 0.6 is 0 Å². The smallest absolute Gasteiger partial charge is 0.299 e. The molecule has 1 aliphatic heterocycles. The van der Waals surface area contributed by atoms with Crippen molar-refractivity contribution in [2.24, 2.45) is 12.5 Å². The van der Waals surface area contributed by atoms with Crippen molar-refractivity contribution in [3.63, 3.8) is 0 Å². The maximum Gasteiger partial charge on any atom is 0.330 e. The molecular weight excluding hydrogens is 462 g/mol. The van der Waals surface area contributed by atoms with Crippen molar-refractivity contribution >= 4 is 21.0 Å². The molecule has 0 amide bonds. The number of hydrogen-bond donors (Lipinski definition) is 0. The van der Waals surface area contributed by atoms with E-state index < -0.39 is 9.84 Å². The number of fused-ring (bicyclic) bond motifs is 1. The van der Waals surface area contributed by atoms with Gasteiger partial charge in [0.1, 0.15) is 9.84 Å². The fourth-order valence-electron chi connectivity index (χ4n) is 4.80. The standard InChI is InChI=1S/C26H33N5O3S/c1-26(2,3)17-31-23-9-8-22(28-24(23)29(4)25(31)32)21-14-18(6-7-19(21)15-27)16-30-12-10-20(11-13-30)35(5,33)34/h6-9,14,20H,10-13,16-17H2,1-5H3. The van der Waals surface area contributed by atoms with Gasteiger partial charge in [0.2, 0.25) is 0 Å². The van der Waals surface area contributed by atoms with Gasteiger partial charge in [-0.2, -0.15) is 5.26 Å². The van der Waals surface area contributed by atoms with Gasteiger partial charge in [0, 0.05) is 32.0 Å². The zero-order chi connectivity index (χ0) is 25.5. The predicted molar refractivity (Wildman–Crippen MR) is 138 cm³/mol. The average molecular weight is 496 g/mol. The van der Waals surface area contributed by atoms with Gasteiger partial charge in [-0.25, -0.2) is 18.2 Å². The fraction of sp³-hybridized carbons (Fsp3) is 0.500. The quantitative estimate of drug-likeness (QED) is 0.538. The lowest BCUT2D eigenvalue weighted by atomic mass is 9.97. The van der Waals surface area contributed by atoms with E-state index in [-0.39, 0.29) is 16.4 Å².